The lowest BCUT2D eigenvalue weighted by Crippen LogP contribution is -2.06. The van der Waals surface area contributed by atoms with E-state index in [1.54, 1.807) is 0 Å². The van der Waals surface area contributed by atoms with E-state index >= 15 is 0 Å². The van der Waals surface area contributed by atoms with Crippen LogP contribution < -0.4 is 0 Å². The second kappa shape index (κ2) is 10.7. The molecule has 0 spiro atoms. The Balaban J connectivity index is 1.13. The van der Waals surface area contributed by atoms with Crippen LogP contribution in [0.3, 0.4) is 0 Å². The van der Waals surface area contributed by atoms with E-state index in [9.17, 15) is 0 Å². The molecule has 51 heavy (non-hydrogen) atoms. The van der Waals surface area contributed by atoms with E-state index in [-0.39, 0.29) is 39.4 Å². The predicted octanol–water partition coefficient (Wildman–Crippen LogP) is 11.8. The molecule has 0 radical (unpaired) electrons. The fraction of sp³-hybridized carbons (Fsp3) is 0. The first kappa shape index (κ1) is 21.1. The number of para-hydroxylation sites is 4. The maximum Gasteiger partial charge on any atom is 0.238 e. The van der Waals surface area contributed by atoms with Crippen LogP contribution in [0.15, 0.2) is 166 Å². The molecule has 6 nitrogen and oxygen atoms in total. The monoisotopic (exact) mass is 662 g/mol. The van der Waals surface area contributed by atoms with Crippen molar-refractivity contribution in [2.24, 2.45) is 0 Å². The highest BCUT2D eigenvalue weighted by Gasteiger charge is 2.19. The van der Waals surface area contributed by atoms with Gasteiger partial charge in [0.1, 0.15) is 22.3 Å². The third-order valence-electron chi connectivity index (χ3n) is 9.34. The Labute approximate surface area is 302 Å². The molecule has 0 unspecified atom stereocenters. The highest BCUT2D eigenvalue weighted by molar-refractivity contribution is 6.12. The van der Waals surface area contributed by atoms with Crippen molar-refractivity contribution in [3.8, 4) is 39.9 Å². The first-order chi connectivity index (χ1) is 28.6. The summed E-state index contributed by atoms with van der Waals surface area (Å²) in [4.78, 5) is 14.5. The van der Waals surface area contributed by atoms with E-state index in [1.165, 1.54) is 4.57 Å². The van der Waals surface area contributed by atoms with E-state index in [4.69, 9.17) is 34.8 Å². The largest absolute Gasteiger partial charge is 0.456 e. The average Bonchev–Trinajstić information content (AvgIpc) is 3.96. The standard InChI is InChI=1S/C45H26N4O2/c1-2-11-27(12-3-1)43-46-44(48-45(47-43)49-37-18-7-4-13-31(37)32-14-5-8-19-38(32)49)29-22-24-35-34-23-21-28(25-40(34)50-41(35)26-29)30-16-10-17-36-33-15-6-9-20-39(33)51-42(30)36/h1-26H/i4D,5D,7D,8D,13D,14D,18D,19D. The van der Waals surface area contributed by atoms with Gasteiger partial charge in [0.2, 0.25) is 5.95 Å². The molecule has 11 aromatic rings. The van der Waals surface area contributed by atoms with Gasteiger partial charge in [-0.3, -0.25) is 4.57 Å². The van der Waals surface area contributed by atoms with Crippen LogP contribution in [0.1, 0.15) is 11.0 Å². The molecule has 0 N–H and O–H groups in total. The lowest BCUT2D eigenvalue weighted by molar-refractivity contribution is 0.668. The first-order valence-electron chi connectivity index (χ1n) is 20.3. The highest BCUT2D eigenvalue weighted by Crippen LogP contribution is 2.39. The Bertz CT molecular complexity index is 3540. The summed E-state index contributed by atoms with van der Waals surface area (Å²) in [6, 6.07) is 31.0. The number of fused-ring (bicyclic) bond motifs is 9. The molecule has 4 heterocycles. The third-order valence-corrected chi connectivity index (χ3v) is 9.34. The number of nitrogens with zero attached hydrogens (tertiary/aromatic N) is 4. The maximum atomic E-state index is 8.99. The molecular weight excluding hydrogens is 629 g/mol. The van der Waals surface area contributed by atoms with E-state index in [0.29, 0.717) is 22.3 Å². The molecule has 0 aliphatic carbocycles. The smallest absolute Gasteiger partial charge is 0.238 e. The van der Waals surface area contributed by atoms with E-state index in [1.807, 2.05) is 97.1 Å². The summed E-state index contributed by atoms with van der Waals surface area (Å²) >= 11 is 0. The van der Waals surface area contributed by atoms with Crippen molar-refractivity contribution in [1.82, 2.24) is 19.5 Å². The Morgan fingerprint density at radius 2 is 1.06 bits per heavy atom. The normalized spacial score (nSPS) is 14.1. The van der Waals surface area contributed by atoms with E-state index < -0.39 is 48.3 Å². The molecular formula is C45H26N4O2. The molecule has 6 heteroatoms. The summed E-state index contributed by atoms with van der Waals surface area (Å²) in [6.45, 7) is 0. The molecule has 0 saturated heterocycles. The minimum atomic E-state index is -0.535. The number of rotatable bonds is 4. The van der Waals surface area contributed by atoms with E-state index in [2.05, 4.69) is 12.1 Å². The van der Waals surface area contributed by atoms with Crippen LogP contribution in [0.2, 0.25) is 0 Å². The van der Waals surface area contributed by atoms with Gasteiger partial charge in [-0.15, -0.1) is 0 Å². The molecule has 0 atom stereocenters. The first-order valence-corrected chi connectivity index (χ1v) is 16.3. The summed E-state index contributed by atoms with van der Waals surface area (Å²) in [5, 5.41) is 3.71. The molecule has 11 rings (SSSR count). The van der Waals surface area contributed by atoms with Gasteiger partial charge >= 0.3 is 0 Å². The zero-order valence-corrected chi connectivity index (χ0v) is 26.5. The van der Waals surface area contributed by atoms with Gasteiger partial charge in [0.25, 0.3) is 0 Å². The van der Waals surface area contributed by atoms with Gasteiger partial charge in [-0.25, -0.2) is 4.98 Å². The van der Waals surface area contributed by atoms with Crippen molar-refractivity contribution in [1.29, 1.82) is 0 Å². The van der Waals surface area contributed by atoms with Gasteiger partial charge in [-0.05, 0) is 48.0 Å². The van der Waals surface area contributed by atoms with E-state index in [0.717, 1.165) is 43.8 Å². The van der Waals surface area contributed by atoms with Crippen molar-refractivity contribution in [3.05, 3.63) is 158 Å². The summed E-state index contributed by atoms with van der Waals surface area (Å²) < 4.78 is 83.8. The summed E-state index contributed by atoms with van der Waals surface area (Å²) in [5.74, 6) is 0.333. The Hall–Kier alpha value is -7.05. The molecule has 0 aliphatic heterocycles. The second-order valence-corrected chi connectivity index (χ2v) is 12.2. The summed E-state index contributed by atoms with van der Waals surface area (Å²) in [6.07, 6.45) is 0. The maximum absolute atomic E-state index is 8.99. The number of aromatic nitrogens is 4. The van der Waals surface area contributed by atoms with Crippen LogP contribution in [-0.2, 0) is 0 Å². The van der Waals surface area contributed by atoms with Crippen LogP contribution in [0, 0.1) is 0 Å². The van der Waals surface area contributed by atoms with Crippen molar-refractivity contribution < 1.29 is 19.8 Å². The predicted molar refractivity (Wildman–Crippen MR) is 205 cm³/mol. The Morgan fingerprint density at radius 3 is 1.82 bits per heavy atom. The van der Waals surface area contributed by atoms with Crippen LogP contribution in [0.25, 0.3) is 106 Å². The van der Waals surface area contributed by atoms with Crippen molar-refractivity contribution >= 4 is 65.7 Å². The minimum Gasteiger partial charge on any atom is -0.456 e. The highest BCUT2D eigenvalue weighted by atomic mass is 16.3. The molecule has 0 saturated carbocycles. The molecule has 0 bridgehead atoms. The molecule has 238 valence electrons. The van der Waals surface area contributed by atoms with Crippen molar-refractivity contribution in [3.63, 3.8) is 0 Å². The van der Waals surface area contributed by atoms with Gasteiger partial charge in [0, 0.05) is 49.0 Å². The molecule has 7 aromatic carbocycles. The minimum absolute atomic E-state index is 0.0687. The number of hydrogen-bond donors (Lipinski definition) is 0. The summed E-state index contributed by atoms with van der Waals surface area (Å²) in [5.41, 5.74) is 5.71. The van der Waals surface area contributed by atoms with Crippen LogP contribution >= 0.6 is 0 Å². The summed E-state index contributed by atoms with van der Waals surface area (Å²) in [7, 11) is 0. The molecule has 0 amide bonds. The van der Waals surface area contributed by atoms with Gasteiger partial charge in [0.05, 0.1) is 22.0 Å². The van der Waals surface area contributed by atoms with Crippen molar-refractivity contribution in [2.75, 3.05) is 0 Å². The number of benzene rings is 7. The molecule has 0 aliphatic rings. The topological polar surface area (TPSA) is 69.9 Å². The van der Waals surface area contributed by atoms with Crippen LogP contribution in [0.5, 0.6) is 0 Å². The SMILES string of the molecule is [2H]c1c([2H])c([2H])c2c(c1[2H])c1c([2H])c([2H])c([2H])c([2H])c1n2-c1nc(-c2ccccc2)nc(-c2ccc3c(c2)oc2cc(-c4cccc5c4oc4ccccc45)ccc23)n1. The second-order valence-electron chi connectivity index (χ2n) is 12.2. The zero-order chi connectivity index (χ0) is 40.4. The van der Waals surface area contributed by atoms with Gasteiger partial charge in [0.15, 0.2) is 11.6 Å². The molecule has 4 aromatic heterocycles. The average molecular weight is 663 g/mol. The lowest BCUT2D eigenvalue weighted by atomic mass is 10.0. The van der Waals surface area contributed by atoms with Crippen LogP contribution in [0.4, 0.5) is 0 Å². The van der Waals surface area contributed by atoms with Gasteiger partial charge < -0.3 is 8.83 Å². The number of furan rings is 2. The third kappa shape index (κ3) is 4.26. The molecule has 0 fully saturated rings. The Morgan fingerprint density at radius 1 is 0.451 bits per heavy atom. The quantitative estimate of drug-likeness (QED) is 0.188. The van der Waals surface area contributed by atoms with Gasteiger partial charge in [-0.2, -0.15) is 9.97 Å². The van der Waals surface area contributed by atoms with Crippen LogP contribution in [-0.4, -0.2) is 19.5 Å². The number of hydrogen-bond acceptors (Lipinski definition) is 5. The fourth-order valence-corrected chi connectivity index (χ4v) is 6.99. The lowest BCUT2D eigenvalue weighted by Gasteiger charge is -2.10. The van der Waals surface area contributed by atoms with Gasteiger partial charge in [-0.1, -0.05) is 115 Å². The Kier molecular flexibility index (Phi) is 4.44. The zero-order valence-electron chi connectivity index (χ0n) is 34.5. The van der Waals surface area contributed by atoms with Crippen molar-refractivity contribution in [2.45, 2.75) is 0 Å². The fourth-order valence-electron chi connectivity index (χ4n) is 6.99.